The van der Waals surface area contributed by atoms with Crippen LogP contribution in [0.15, 0.2) is 52.3 Å². The molecule has 0 unspecified atom stereocenters. The second kappa shape index (κ2) is 12.3. The van der Waals surface area contributed by atoms with E-state index in [0.717, 1.165) is 31.5 Å². The lowest BCUT2D eigenvalue weighted by atomic mass is 9.89. The second-order valence-electron chi connectivity index (χ2n) is 9.97. The average Bonchev–Trinajstić information content (AvgIpc) is 3.47. The van der Waals surface area contributed by atoms with Crippen LogP contribution in [0.2, 0.25) is 0 Å². The zero-order valence-corrected chi connectivity index (χ0v) is 23.1. The highest BCUT2D eigenvalue weighted by Crippen LogP contribution is 2.31. The summed E-state index contributed by atoms with van der Waals surface area (Å²) in [5, 5.41) is 6.75. The molecule has 11 nitrogen and oxygen atoms in total. The van der Waals surface area contributed by atoms with Crippen LogP contribution in [-0.2, 0) is 14.8 Å². The monoisotopic (exact) mass is 572 g/mol. The Hall–Kier alpha value is -3.55. The highest BCUT2D eigenvalue weighted by molar-refractivity contribution is 7.92. The van der Waals surface area contributed by atoms with Crippen molar-refractivity contribution in [3.63, 3.8) is 0 Å². The van der Waals surface area contributed by atoms with Crippen molar-refractivity contribution in [2.45, 2.75) is 30.7 Å². The van der Waals surface area contributed by atoms with Gasteiger partial charge in [-0.1, -0.05) is 17.3 Å². The molecule has 0 radical (unpaired) electrons. The van der Waals surface area contributed by atoms with Crippen LogP contribution in [0.4, 0.5) is 15.9 Å². The van der Waals surface area contributed by atoms with Crippen LogP contribution in [0.25, 0.3) is 0 Å². The number of anilines is 2. The number of halogens is 1. The zero-order chi connectivity index (χ0) is 28.1. The number of rotatable bonds is 9. The summed E-state index contributed by atoms with van der Waals surface area (Å²) in [5.74, 6) is -0.206. The van der Waals surface area contributed by atoms with Crippen LogP contribution < -0.4 is 10.0 Å². The molecule has 1 aromatic carbocycles. The number of hydrogen-bond acceptors (Lipinski definition) is 9. The fourth-order valence-electron chi connectivity index (χ4n) is 5.19. The van der Waals surface area contributed by atoms with Crippen LogP contribution in [0.3, 0.4) is 0 Å². The number of amides is 1. The predicted molar refractivity (Wildman–Crippen MR) is 146 cm³/mol. The number of nitrogens with one attached hydrogen (secondary N) is 2. The molecule has 0 bridgehead atoms. The minimum absolute atomic E-state index is 0.0344. The van der Waals surface area contributed by atoms with Crippen molar-refractivity contribution in [1.29, 1.82) is 0 Å². The van der Waals surface area contributed by atoms with E-state index < -0.39 is 10.0 Å². The number of piperidine rings is 1. The van der Waals surface area contributed by atoms with E-state index in [-0.39, 0.29) is 28.5 Å². The van der Waals surface area contributed by atoms with Crippen molar-refractivity contribution in [2.75, 3.05) is 62.5 Å². The molecule has 5 rings (SSSR count). The van der Waals surface area contributed by atoms with E-state index in [1.165, 1.54) is 30.7 Å². The number of likely N-dealkylation sites (tertiary alicyclic amines) is 1. The number of carbonyl (C=O) groups excluding carboxylic acids is 1. The summed E-state index contributed by atoms with van der Waals surface area (Å²) in [6.07, 6.45) is 4.09. The molecule has 214 valence electrons. The van der Waals surface area contributed by atoms with Gasteiger partial charge in [-0.3, -0.25) is 14.4 Å². The molecule has 0 spiro atoms. The van der Waals surface area contributed by atoms with Gasteiger partial charge in [0.05, 0.1) is 24.5 Å². The van der Waals surface area contributed by atoms with E-state index in [0.29, 0.717) is 56.2 Å². The van der Waals surface area contributed by atoms with Crippen molar-refractivity contribution in [3.05, 3.63) is 65.3 Å². The van der Waals surface area contributed by atoms with Gasteiger partial charge in [0.1, 0.15) is 12.1 Å². The highest BCUT2D eigenvalue weighted by atomic mass is 32.2. The van der Waals surface area contributed by atoms with Gasteiger partial charge in [0.25, 0.3) is 15.9 Å². The Labute approximate surface area is 232 Å². The number of aromatic nitrogens is 2. The summed E-state index contributed by atoms with van der Waals surface area (Å²) < 4.78 is 52.1. The Morgan fingerprint density at radius 3 is 2.50 bits per heavy atom. The molecule has 2 aromatic heterocycles. The first kappa shape index (κ1) is 28.0. The number of sulfonamides is 1. The number of carbonyl (C=O) groups is 1. The lowest BCUT2D eigenvalue weighted by molar-refractivity contribution is 0.0398. The standard InChI is InChI=1S/C27H33FN6O5S/c1-19-25(29-9-12-33-13-16-38-17-14-33)23(18-30-26(19)40(36,37)32-24-8-15-39-31-24)27(35)34-10-6-21(7-11-34)20-2-4-22(28)5-3-20/h2-5,8,15,18,21H,6-7,9-14,16-17H2,1H3,(H,29,30)(H,31,32). The Morgan fingerprint density at radius 1 is 1.10 bits per heavy atom. The third kappa shape index (κ3) is 6.43. The number of nitrogens with zero attached hydrogens (tertiary/aromatic N) is 4. The Bertz CT molecular complexity index is 1400. The molecule has 2 aliphatic heterocycles. The maximum absolute atomic E-state index is 13.7. The van der Waals surface area contributed by atoms with Crippen LogP contribution in [0.1, 0.15) is 40.2 Å². The number of morpholine rings is 1. The minimum Gasteiger partial charge on any atom is -0.383 e. The zero-order valence-electron chi connectivity index (χ0n) is 22.3. The largest absolute Gasteiger partial charge is 0.383 e. The molecule has 0 aliphatic carbocycles. The summed E-state index contributed by atoms with van der Waals surface area (Å²) in [4.78, 5) is 22.0. The van der Waals surface area contributed by atoms with Gasteiger partial charge in [-0.15, -0.1) is 0 Å². The Kier molecular flexibility index (Phi) is 8.62. The molecule has 2 aliphatic rings. The van der Waals surface area contributed by atoms with Crippen LogP contribution in [-0.4, -0.2) is 86.7 Å². The molecule has 0 saturated carbocycles. The summed E-state index contributed by atoms with van der Waals surface area (Å²) in [6, 6.07) is 7.91. The third-order valence-electron chi connectivity index (χ3n) is 7.39. The van der Waals surface area contributed by atoms with Gasteiger partial charge < -0.3 is 19.5 Å². The number of ether oxygens (including phenoxy) is 1. The SMILES string of the molecule is Cc1c(S(=O)(=O)Nc2ccon2)ncc(C(=O)N2CCC(c3ccc(F)cc3)CC2)c1NCCN1CCOCC1. The van der Waals surface area contributed by atoms with E-state index in [9.17, 15) is 17.6 Å². The molecule has 1 amide bonds. The van der Waals surface area contributed by atoms with E-state index in [4.69, 9.17) is 9.26 Å². The average molecular weight is 573 g/mol. The van der Waals surface area contributed by atoms with E-state index in [1.807, 2.05) is 0 Å². The molecule has 3 aromatic rings. The van der Waals surface area contributed by atoms with Crippen molar-refractivity contribution < 1.29 is 26.9 Å². The first-order valence-corrected chi connectivity index (χ1v) is 14.8. The maximum Gasteiger partial charge on any atom is 0.280 e. The van der Waals surface area contributed by atoms with Gasteiger partial charge in [-0.25, -0.2) is 9.37 Å². The molecule has 13 heteroatoms. The van der Waals surface area contributed by atoms with Crippen molar-refractivity contribution in [1.82, 2.24) is 19.9 Å². The Morgan fingerprint density at radius 2 is 1.82 bits per heavy atom. The van der Waals surface area contributed by atoms with Gasteiger partial charge in [0, 0.05) is 57.1 Å². The van der Waals surface area contributed by atoms with Gasteiger partial charge in [0.2, 0.25) is 0 Å². The highest BCUT2D eigenvalue weighted by Gasteiger charge is 2.30. The smallest absolute Gasteiger partial charge is 0.280 e. The molecule has 2 saturated heterocycles. The first-order valence-electron chi connectivity index (χ1n) is 13.3. The second-order valence-corrected chi connectivity index (χ2v) is 11.6. The third-order valence-corrected chi connectivity index (χ3v) is 8.79. The number of pyridine rings is 1. The fourth-order valence-corrected chi connectivity index (χ4v) is 6.36. The Balaban J connectivity index is 1.36. The van der Waals surface area contributed by atoms with Crippen molar-refractivity contribution in [2.24, 2.45) is 0 Å². The molecular weight excluding hydrogens is 539 g/mol. The van der Waals surface area contributed by atoms with Gasteiger partial charge in [-0.2, -0.15) is 8.42 Å². The summed E-state index contributed by atoms with van der Waals surface area (Å²) in [6.45, 7) is 6.87. The van der Waals surface area contributed by atoms with Crippen molar-refractivity contribution >= 4 is 27.4 Å². The summed E-state index contributed by atoms with van der Waals surface area (Å²) >= 11 is 0. The molecule has 0 atom stereocenters. The molecular formula is C27H33FN6O5S. The lowest BCUT2D eigenvalue weighted by Crippen LogP contribution is -2.40. The topological polar surface area (TPSA) is 130 Å². The van der Waals surface area contributed by atoms with Crippen LogP contribution >= 0.6 is 0 Å². The molecule has 2 N–H and O–H groups in total. The number of hydrogen-bond donors (Lipinski definition) is 2. The summed E-state index contributed by atoms with van der Waals surface area (Å²) in [7, 11) is -4.09. The lowest BCUT2D eigenvalue weighted by Gasteiger charge is -2.33. The van der Waals surface area contributed by atoms with Gasteiger partial charge in [0.15, 0.2) is 10.8 Å². The number of benzene rings is 1. The normalized spacial score (nSPS) is 17.1. The molecule has 2 fully saturated rings. The molecule has 40 heavy (non-hydrogen) atoms. The fraction of sp³-hybridized carbons (Fsp3) is 0.444. The van der Waals surface area contributed by atoms with Gasteiger partial charge >= 0.3 is 0 Å². The first-order chi connectivity index (χ1) is 19.3. The predicted octanol–water partition coefficient (Wildman–Crippen LogP) is 3.08. The molecule has 4 heterocycles. The van der Waals surface area contributed by atoms with Crippen molar-refractivity contribution in [3.8, 4) is 0 Å². The maximum atomic E-state index is 13.7. The van der Waals surface area contributed by atoms with E-state index >= 15 is 0 Å². The summed E-state index contributed by atoms with van der Waals surface area (Å²) in [5.41, 5.74) is 2.16. The van der Waals surface area contributed by atoms with Crippen LogP contribution in [0.5, 0.6) is 0 Å². The van der Waals surface area contributed by atoms with Crippen LogP contribution in [0, 0.1) is 12.7 Å². The minimum atomic E-state index is -4.09. The quantitative estimate of drug-likeness (QED) is 0.397. The van der Waals surface area contributed by atoms with E-state index in [1.54, 1.807) is 24.0 Å². The van der Waals surface area contributed by atoms with Gasteiger partial charge in [-0.05, 0) is 43.4 Å². The van der Waals surface area contributed by atoms with E-state index in [2.05, 4.69) is 25.1 Å².